The first-order valence-corrected chi connectivity index (χ1v) is 8.64. The Morgan fingerprint density at radius 1 is 0.583 bits per heavy atom. The van der Waals surface area contributed by atoms with Gasteiger partial charge in [-0.1, -0.05) is 93.1 Å². The van der Waals surface area contributed by atoms with Crippen LogP contribution in [0.1, 0.15) is 48.6 Å². The van der Waals surface area contributed by atoms with Gasteiger partial charge in [0, 0.05) is 0 Å². The zero-order valence-corrected chi connectivity index (χ0v) is 14.9. The predicted molar refractivity (Wildman–Crippen MR) is 102 cm³/mol. The monoisotopic (exact) mass is 311 g/mol. The maximum Gasteiger partial charge on any atom is 0.0644 e. The van der Waals surface area contributed by atoms with E-state index < -0.39 is 0 Å². The molecule has 0 saturated heterocycles. The highest BCUT2D eigenvalue weighted by atomic mass is 14.4. The van der Waals surface area contributed by atoms with Crippen molar-refractivity contribution in [1.29, 1.82) is 0 Å². The second-order valence-electron chi connectivity index (χ2n) is 7.77. The molecule has 24 heavy (non-hydrogen) atoms. The van der Waals surface area contributed by atoms with E-state index in [0.29, 0.717) is 0 Å². The summed E-state index contributed by atoms with van der Waals surface area (Å²) in [6.45, 7) is 9.07. The number of rotatable bonds is 1. The molecule has 0 atom stereocenters. The molecule has 0 amide bonds. The Morgan fingerprint density at radius 3 is 1.88 bits per heavy atom. The maximum atomic E-state index is 2.34. The number of hydrogen-bond donors (Lipinski definition) is 0. The minimum absolute atomic E-state index is 0.116. The van der Waals surface area contributed by atoms with Crippen LogP contribution in [0.15, 0.2) is 66.7 Å². The molecule has 119 valence electrons. The van der Waals surface area contributed by atoms with Crippen molar-refractivity contribution in [3.8, 4) is 11.1 Å². The molecule has 3 aromatic carbocycles. The highest BCUT2D eigenvalue weighted by Crippen LogP contribution is 2.49. The van der Waals surface area contributed by atoms with Gasteiger partial charge in [-0.05, 0) is 45.7 Å². The molecule has 3 aromatic rings. The van der Waals surface area contributed by atoms with Gasteiger partial charge in [-0.15, -0.1) is 0 Å². The van der Waals surface area contributed by atoms with Crippen molar-refractivity contribution in [1.82, 2.24) is 0 Å². The molecule has 0 heteroatoms. The van der Waals surface area contributed by atoms with E-state index in [2.05, 4.69) is 94.4 Å². The normalized spacial score (nSPS) is 13.7. The van der Waals surface area contributed by atoms with Crippen LogP contribution in [0.3, 0.4) is 0 Å². The van der Waals surface area contributed by atoms with Gasteiger partial charge in [-0.25, -0.2) is 0 Å². The summed E-state index contributed by atoms with van der Waals surface area (Å²) in [5.41, 5.74) is 9.63. The van der Waals surface area contributed by atoms with Crippen LogP contribution >= 0.6 is 0 Å². The van der Waals surface area contributed by atoms with Gasteiger partial charge in [0.05, 0.1) is 5.92 Å². The Labute approximate surface area is 145 Å². The summed E-state index contributed by atoms with van der Waals surface area (Å²) in [5.74, 6) is 1.38. The van der Waals surface area contributed by atoms with Crippen molar-refractivity contribution in [3.05, 3.63) is 100 Å². The zero-order valence-electron chi connectivity index (χ0n) is 14.9. The standard InChI is InChI=1S/C24H23/c1-16-13-14-18-17-9-5-6-10-19(17)23(21(18)15-16)20-11-7-8-12-22(20)24(2,3)4/h5-15H,1-4H3. The average Bonchev–Trinajstić information content (AvgIpc) is 2.87. The lowest BCUT2D eigenvalue weighted by Gasteiger charge is -2.26. The Balaban J connectivity index is 2.02. The molecule has 0 bridgehead atoms. The number of benzene rings is 3. The molecule has 1 aliphatic carbocycles. The molecular formula is C24H23. The first-order chi connectivity index (χ1) is 11.5. The average molecular weight is 311 g/mol. The number of hydrogen-bond acceptors (Lipinski definition) is 0. The summed E-state index contributed by atoms with van der Waals surface area (Å²) in [7, 11) is 0. The molecule has 4 rings (SSSR count). The lowest BCUT2D eigenvalue weighted by Crippen LogP contribution is -2.16. The molecule has 0 saturated carbocycles. The van der Waals surface area contributed by atoms with Crippen LogP contribution < -0.4 is 0 Å². The summed E-state index contributed by atoms with van der Waals surface area (Å²) in [6, 6.07) is 24.5. The van der Waals surface area contributed by atoms with Gasteiger partial charge in [0.2, 0.25) is 0 Å². The molecular weight excluding hydrogens is 288 g/mol. The third-order valence-electron chi connectivity index (χ3n) is 4.94. The fourth-order valence-electron chi connectivity index (χ4n) is 3.83. The summed E-state index contributed by atoms with van der Waals surface area (Å²) < 4.78 is 0. The Morgan fingerprint density at radius 2 is 1.17 bits per heavy atom. The summed E-state index contributed by atoms with van der Waals surface area (Å²) in [4.78, 5) is 0. The zero-order chi connectivity index (χ0) is 16.9. The van der Waals surface area contributed by atoms with Gasteiger partial charge in [0.25, 0.3) is 0 Å². The highest BCUT2D eigenvalue weighted by Gasteiger charge is 2.33. The van der Waals surface area contributed by atoms with Gasteiger partial charge >= 0.3 is 0 Å². The topological polar surface area (TPSA) is 0 Å². The molecule has 0 aliphatic heterocycles. The molecule has 0 nitrogen and oxygen atoms in total. The molecule has 1 aliphatic rings. The van der Waals surface area contributed by atoms with Crippen LogP contribution in [0.2, 0.25) is 0 Å². The van der Waals surface area contributed by atoms with Crippen LogP contribution in [-0.4, -0.2) is 0 Å². The van der Waals surface area contributed by atoms with Gasteiger partial charge in [0.1, 0.15) is 0 Å². The molecule has 1 radical (unpaired) electrons. The molecule has 0 spiro atoms. The van der Waals surface area contributed by atoms with Crippen LogP contribution in [0.4, 0.5) is 0 Å². The Bertz CT molecular complexity index is 909. The van der Waals surface area contributed by atoms with E-state index in [1.807, 2.05) is 0 Å². The first-order valence-electron chi connectivity index (χ1n) is 8.64. The minimum atomic E-state index is 0.116. The predicted octanol–water partition coefficient (Wildman–Crippen LogP) is 6.29. The SMILES string of the molecule is Cc1ccc2c(c1)[C](c1ccccc1C(C)(C)C)c1ccccc1-2. The van der Waals surface area contributed by atoms with Crippen LogP contribution in [0.25, 0.3) is 11.1 Å². The van der Waals surface area contributed by atoms with Crippen molar-refractivity contribution >= 4 is 0 Å². The molecule has 0 fully saturated rings. The van der Waals surface area contributed by atoms with Crippen molar-refractivity contribution in [2.24, 2.45) is 0 Å². The van der Waals surface area contributed by atoms with Gasteiger partial charge in [-0.3, -0.25) is 0 Å². The molecule has 0 N–H and O–H groups in total. The fourth-order valence-corrected chi connectivity index (χ4v) is 3.83. The van der Waals surface area contributed by atoms with Gasteiger partial charge < -0.3 is 0 Å². The second-order valence-corrected chi connectivity index (χ2v) is 7.77. The van der Waals surface area contributed by atoms with Crippen LogP contribution in [-0.2, 0) is 5.41 Å². The lowest BCUT2D eigenvalue weighted by molar-refractivity contribution is 0.586. The van der Waals surface area contributed by atoms with Crippen molar-refractivity contribution < 1.29 is 0 Å². The maximum absolute atomic E-state index is 2.34. The smallest absolute Gasteiger partial charge is 0.0620 e. The Kier molecular flexibility index (Phi) is 3.38. The van der Waals surface area contributed by atoms with Crippen molar-refractivity contribution in [3.63, 3.8) is 0 Å². The highest BCUT2D eigenvalue weighted by molar-refractivity contribution is 5.87. The van der Waals surface area contributed by atoms with E-state index in [1.54, 1.807) is 0 Å². The first kappa shape index (κ1) is 15.2. The summed E-state index contributed by atoms with van der Waals surface area (Å²) >= 11 is 0. The third kappa shape index (κ3) is 2.29. The number of aryl methyl sites for hydroxylation is 1. The fraction of sp³-hybridized carbons (Fsp3) is 0.208. The second kappa shape index (κ2) is 5.34. The largest absolute Gasteiger partial charge is 0.0644 e. The quantitative estimate of drug-likeness (QED) is 0.387. The third-order valence-corrected chi connectivity index (χ3v) is 4.94. The van der Waals surface area contributed by atoms with E-state index >= 15 is 0 Å². The van der Waals surface area contributed by atoms with E-state index in [9.17, 15) is 0 Å². The van der Waals surface area contributed by atoms with Crippen molar-refractivity contribution in [2.45, 2.75) is 33.1 Å². The molecule has 0 aromatic heterocycles. The van der Waals surface area contributed by atoms with Crippen molar-refractivity contribution in [2.75, 3.05) is 0 Å². The lowest BCUT2D eigenvalue weighted by atomic mass is 9.77. The van der Waals surface area contributed by atoms with Gasteiger partial charge in [0.15, 0.2) is 0 Å². The van der Waals surface area contributed by atoms with E-state index in [1.165, 1.54) is 44.9 Å². The Hall–Kier alpha value is -2.34. The van der Waals surface area contributed by atoms with Crippen LogP contribution in [0.5, 0.6) is 0 Å². The molecule has 0 heterocycles. The molecule has 0 unspecified atom stereocenters. The van der Waals surface area contributed by atoms with E-state index in [0.717, 1.165) is 0 Å². The van der Waals surface area contributed by atoms with E-state index in [-0.39, 0.29) is 5.41 Å². The van der Waals surface area contributed by atoms with Crippen LogP contribution in [0, 0.1) is 12.8 Å². The summed E-state index contributed by atoms with van der Waals surface area (Å²) in [5, 5.41) is 0. The van der Waals surface area contributed by atoms with Gasteiger partial charge in [-0.2, -0.15) is 0 Å². The minimum Gasteiger partial charge on any atom is -0.0620 e. The van der Waals surface area contributed by atoms with E-state index in [4.69, 9.17) is 0 Å². The summed E-state index contributed by atoms with van der Waals surface area (Å²) in [6.07, 6.45) is 0. The number of fused-ring (bicyclic) bond motifs is 3.